The van der Waals surface area contributed by atoms with E-state index < -0.39 is 11.2 Å². The van der Waals surface area contributed by atoms with Crippen molar-refractivity contribution in [1.29, 1.82) is 0 Å². The molecular formula is C14H15N5O2. The highest BCUT2D eigenvalue weighted by Crippen LogP contribution is 2.16. The van der Waals surface area contributed by atoms with E-state index in [1.165, 1.54) is 4.57 Å². The molecule has 2 aromatic heterocycles. The second kappa shape index (κ2) is 4.93. The molecule has 3 aromatic rings. The quantitative estimate of drug-likeness (QED) is 0.747. The Labute approximate surface area is 119 Å². The summed E-state index contributed by atoms with van der Waals surface area (Å²) in [5.41, 5.74) is 0.411. The molecule has 2 N–H and O–H groups in total. The molecule has 7 heteroatoms. The highest BCUT2D eigenvalue weighted by molar-refractivity contribution is 5.75. The van der Waals surface area contributed by atoms with E-state index in [9.17, 15) is 9.59 Å². The minimum atomic E-state index is -0.500. The second-order valence-electron chi connectivity index (χ2n) is 4.63. The van der Waals surface area contributed by atoms with E-state index in [-0.39, 0.29) is 0 Å². The van der Waals surface area contributed by atoms with Crippen LogP contribution in [0.3, 0.4) is 0 Å². The van der Waals surface area contributed by atoms with E-state index in [0.29, 0.717) is 29.3 Å². The van der Waals surface area contributed by atoms with E-state index in [1.54, 1.807) is 23.7 Å². The fourth-order valence-electron chi connectivity index (χ4n) is 2.34. The summed E-state index contributed by atoms with van der Waals surface area (Å²) < 4.78 is 3.05. The van der Waals surface area contributed by atoms with Gasteiger partial charge in [-0.3, -0.25) is 9.78 Å². The van der Waals surface area contributed by atoms with Crippen molar-refractivity contribution in [2.24, 2.45) is 7.05 Å². The number of rotatable bonds is 3. The van der Waals surface area contributed by atoms with Gasteiger partial charge in [0.1, 0.15) is 0 Å². The summed E-state index contributed by atoms with van der Waals surface area (Å²) in [6.45, 7) is 2.61. The lowest BCUT2D eigenvalue weighted by molar-refractivity contribution is 0.909. The fraction of sp³-hybridized carbons (Fsp3) is 0.214. The average molecular weight is 285 g/mol. The number of imidazole rings is 1. The van der Waals surface area contributed by atoms with Crippen LogP contribution in [-0.4, -0.2) is 25.6 Å². The topological polar surface area (TPSA) is 84.7 Å². The lowest BCUT2D eigenvalue weighted by Crippen LogP contribution is -2.29. The van der Waals surface area contributed by atoms with Crippen molar-refractivity contribution in [1.82, 2.24) is 19.1 Å². The SMILES string of the molecule is CCNc1nc2c(c(=O)[nH]c(=O)n2-c2ccccc2)n1C. The van der Waals surface area contributed by atoms with E-state index in [1.807, 2.05) is 25.1 Å². The zero-order chi connectivity index (χ0) is 15.0. The molecule has 0 radical (unpaired) electrons. The molecule has 2 heterocycles. The number of fused-ring (bicyclic) bond motifs is 1. The van der Waals surface area contributed by atoms with Crippen LogP contribution in [0, 0.1) is 0 Å². The van der Waals surface area contributed by atoms with E-state index in [4.69, 9.17) is 0 Å². The Kier molecular flexibility index (Phi) is 3.09. The van der Waals surface area contributed by atoms with Gasteiger partial charge in [-0.15, -0.1) is 0 Å². The second-order valence-corrected chi connectivity index (χ2v) is 4.63. The molecule has 7 nitrogen and oxygen atoms in total. The molecule has 0 atom stereocenters. The third-order valence-electron chi connectivity index (χ3n) is 3.28. The molecule has 0 aliphatic carbocycles. The zero-order valence-electron chi connectivity index (χ0n) is 11.8. The Hall–Kier alpha value is -2.83. The molecule has 0 amide bonds. The number of nitrogens with one attached hydrogen (secondary N) is 2. The molecular weight excluding hydrogens is 270 g/mol. The summed E-state index contributed by atoms with van der Waals surface area (Å²) in [5, 5.41) is 3.07. The number of hydrogen-bond donors (Lipinski definition) is 2. The lowest BCUT2D eigenvalue weighted by atomic mass is 10.3. The van der Waals surface area contributed by atoms with Crippen LogP contribution in [0.25, 0.3) is 16.9 Å². The van der Waals surface area contributed by atoms with Crippen molar-refractivity contribution in [3.63, 3.8) is 0 Å². The van der Waals surface area contributed by atoms with Gasteiger partial charge in [-0.25, -0.2) is 9.36 Å². The minimum absolute atomic E-state index is 0.341. The first kappa shape index (κ1) is 13.2. The predicted molar refractivity (Wildman–Crippen MR) is 81.1 cm³/mol. The summed E-state index contributed by atoms with van der Waals surface area (Å²) in [6, 6.07) is 9.10. The Balaban J connectivity index is 2.43. The molecule has 0 saturated carbocycles. The highest BCUT2D eigenvalue weighted by atomic mass is 16.2. The molecule has 3 rings (SSSR count). The van der Waals surface area contributed by atoms with Gasteiger partial charge in [0.25, 0.3) is 5.56 Å². The van der Waals surface area contributed by atoms with E-state index >= 15 is 0 Å². The van der Waals surface area contributed by atoms with Gasteiger partial charge in [0.15, 0.2) is 11.2 Å². The number of anilines is 1. The summed E-state index contributed by atoms with van der Waals surface area (Å²) in [4.78, 5) is 31.0. The first-order valence-corrected chi connectivity index (χ1v) is 6.64. The average Bonchev–Trinajstić information content (AvgIpc) is 2.78. The summed E-state index contributed by atoms with van der Waals surface area (Å²) in [5.74, 6) is 0.549. The maximum absolute atomic E-state index is 12.2. The smallest absolute Gasteiger partial charge is 0.334 e. The molecule has 0 saturated heterocycles. The summed E-state index contributed by atoms with van der Waals surface area (Å²) >= 11 is 0. The van der Waals surface area contributed by atoms with Gasteiger partial charge in [-0.05, 0) is 19.1 Å². The highest BCUT2D eigenvalue weighted by Gasteiger charge is 2.16. The van der Waals surface area contributed by atoms with Gasteiger partial charge in [0, 0.05) is 13.6 Å². The van der Waals surface area contributed by atoms with Gasteiger partial charge in [-0.2, -0.15) is 4.98 Å². The monoisotopic (exact) mass is 285 g/mol. The Morgan fingerprint density at radius 1 is 1.24 bits per heavy atom. The minimum Gasteiger partial charge on any atom is -0.356 e. The number of aromatic nitrogens is 4. The normalized spacial score (nSPS) is 11.0. The van der Waals surface area contributed by atoms with Gasteiger partial charge in [0.05, 0.1) is 5.69 Å². The third-order valence-corrected chi connectivity index (χ3v) is 3.28. The Morgan fingerprint density at radius 3 is 2.62 bits per heavy atom. The van der Waals surface area contributed by atoms with Crippen LogP contribution < -0.4 is 16.6 Å². The summed E-state index contributed by atoms with van der Waals surface area (Å²) in [6.07, 6.45) is 0. The number of aromatic amines is 1. The van der Waals surface area contributed by atoms with E-state index in [0.717, 1.165) is 0 Å². The third kappa shape index (κ3) is 2.03. The maximum atomic E-state index is 12.2. The number of benzene rings is 1. The molecule has 0 spiro atoms. The Bertz CT molecular complexity index is 905. The van der Waals surface area contributed by atoms with Crippen LogP contribution in [0.5, 0.6) is 0 Å². The van der Waals surface area contributed by atoms with Crippen molar-refractivity contribution >= 4 is 17.1 Å². The molecule has 0 fully saturated rings. The lowest BCUT2D eigenvalue weighted by Gasteiger charge is -2.05. The molecule has 1 aromatic carbocycles. The van der Waals surface area contributed by atoms with Crippen LogP contribution in [0.1, 0.15) is 6.92 Å². The number of H-pyrrole nitrogens is 1. The van der Waals surface area contributed by atoms with Crippen molar-refractivity contribution in [3.05, 3.63) is 51.2 Å². The number of nitrogens with zero attached hydrogens (tertiary/aromatic N) is 3. The van der Waals surface area contributed by atoms with Crippen molar-refractivity contribution in [3.8, 4) is 5.69 Å². The van der Waals surface area contributed by atoms with Gasteiger partial charge in [0.2, 0.25) is 5.95 Å². The van der Waals surface area contributed by atoms with E-state index in [2.05, 4.69) is 15.3 Å². The number of aryl methyl sites for hydroxylation is 1. The largest absolute Gasteiger partial charge is 0.356 e. The van der Waals surface area contributed by atoms with Crippen LogP contribution >= 0.6 is 0 Å². The van der Waals surface area contributed by atoms with Crippen molar-refractivity contribution in [2.45, 2.75) is 6.92 Å². The van der Waals surface area contributed by atoms with Crippen LogP contribution in [0.15, 0.2) is 39.9 Å². The molecule has 0 bridgehead atoms. The van der Waals surface area contributed by atoms with Gasteiger partial charge < -0.3 is 9.88 Å². The van der Waals surface area contributed by atoms with Crippen LogP contribution in [0.2, 0.25) is 0 Å². The molecule has 0 aliphatic rings. The van der Waals surface area contributed by atoms with Crippen molar-refractivity contribution in [2.75, 3.05) is 11.9 Å². The maximum Gasteiger partial charge on any atom is 0.334 e. The number of para-hydroxylation sites is 1. The Morgan fingerprint density at radius 2 is 1.95 bits per heavy atom. The van der Waals surface area contributed by atoms with Crippen LogP contribution in [0.4, 0.5) is 5.95 Å². The standard InChI is InChI=1S/C14H15N5O2/c1-3-15-13-16-11-10(18(13)2)12(20)17-14(21)19(11)9-7-5-4-6-8-9/h4-8H,3H2,1-2H3,(H,15,16)(H,17,20,21). The zero-order valence-corrected chi connectivity index (χ0v) is 11.8. The fourth-order valence-corrected chi connectivity index (χ4v) is 2.34. The molecule has 0 aliphatic heterocycles. The van der Waals surface area contributed by atoms with Gasteiger partial charge >= 0.3 is 5.69 Å². The predicted octanol–water partition coefficient (Wildman–Crippen LogP) is 0.844. The molecule has 108 valence electrons. The summed E-state index contributed by atoms with van der Waals surface area (Å²) in [7, 11) is 1.74. The first-order valence-electron chi connectivity index (χ1n) is 6.64. The van der Waals surface area contributed by atoms with Gasteiger partial charge in [-0.1, -0.05) is 18.2 Å². The van der Waals surface area contributed by atoms with Crippen LogP contribution in [-0.2, 0) is 7.05 Å². The molecule has 21 heavy (non-hydrogen) atoms. The number of hydrogen-bond acceptors (Lipinski definition) is 4. The molecule has 0 unspecified atom stereocenters. The van der Waals surface area contributed by atoms with Crippen molar-refractivity contribution < 1.29 is 0 Å². The first-order chi connectivity index (χ1) is 10.1.